The van der Waals surface area contributed by atoms with Crippen molar-refractivity contribution in [1.29, 1.82) is 0 Å². The van der Waals surface area contributed by atoms with Crippen molar-refractivity contribution in [1.82, 2.24) is 19.5 Å². The molecule has 124 valence electrons. The van der Waals surface area contributed by atoms with E-state index in [2.05, 4.69) is 15.0 Å². The van der Waals surface area contributed by atoms with Crippen LogP contribution >= 0.6 is 11.6 Å². The van der Waals surface area contributed by atoms with Gasteiger partial charge in [0.15, 0.2) is 5.65 Å². The minimum atomic E-state index is -0.284. The summed E-state index contributed by atoms with van der Waals surface area (Å²) in [6.07, 6.45) is 4.72. The van der Waals surface area contributed by atoms with Gasteiger partial charge in [0.05, 0.1) is 6.33 Å². The molecule has 1 aliphatic heterocycles. The number of fused-ring (bicyclic) bond motifs is 1. The van der Waals surface area contributed by atoms with Crippen molar-refractivity contribution in [2.75, 3.05) is 6.61 Å². The lowest BCUT2D eigenvalue weighted by atomic mass is 10.0. The Bertz CT molecular complexity index is 905. The largest absolute Gasteiger partial charge is 0.358 e. The molecule has 7 heteroatoms. The number of aryl methyl sites for hydroxylation is 1. The zero-order valence-electron chi connectivity index (χ0n) is 13.2. The zero-order chi connectivity index (χ0) is 16.7. The molecule has 1 fully saturated rings. The van der Waals surface area contributed by atoms with Gasteiger partial charge in [-0.2, -0.15) is 4.98 Å². The average molecular weight is 347 g/mol. The van der Waals surface area contributed by atoms with Crippen molar-refractivity contribution >= 4 is 22.8 Å². The topological polar surface area (TPSA) is 52.8 Å². The maximum Gasteiger partial charge on any atom is 0.225 e. The summed E-state index contributed by atoms with van der Waals surface area (Å²) in [5.74, 6) is -0.284. The van der Waals surface area contributed by atoms with Gasteiger partial charge in [0.25, 0.3) is 0 Å². The molecule has 1 aromatic carbocycles. The number of rotatable bonds is 2. The number of benzene rings is 1. The van der Waals surface area contributed by atoms with Crippen LogP contribution in [0.4, 0.5) is 4.39 Å². The number of ether oxygens (including phenoxy) is 1. The molecule has 0 spiro atoms. The molecule has 4 rings (SSSR count). The molecule has 0 N–H and O–H groups in total. The normalized spacial score (nSPS) is 18.2. The molecule has 3 aromatic rings. The molecule has 1 saturated heterocycles. The van der Waals surface area contributed by atoms with Crippen LogP contribution in [0.1, 0.15) is 31.1 Å². The van der Waals surface area contributed by atoms with Gasteiger partial charge in [-0.1, -0.05) is 0 Å². The minimum absolute atomic E-state index is 0.0862. The van der Waals surface area contributed by atoms with Crippen molar-refractivity contribution in [3.8, 4) is 11.3 Å². The maximum atomic E-state index is 13.4. The molecule has 24 heavy (non-hydrogen) atoms. The van der Waals surface area contributed by atoms with E-state index in [0.29, 0.717) is 16.9 Å². The molecule has 0 saturated carbocycles. The number of hydrogen-bond donors (Lipinski definition) is 0. The maximum absolute atomic E-state index is 13.4. The summed E-state index contributed by atoms with van der Waals surface area (Å²) in [7, 11) is 0. The summed E-state index contributed by atoms with van der Waals surface area (Å²) in [4.78, 5) is 13.2. The molecular weight excluding hydrogens is 331 g/mol. The Morgan fingerprint density at radius 1 is 1.29 bits per heavy atom. The Morgan fingerprint density at radius 3 is 2.92 bits per heavy atom. The van der Waals surface area contributed by atoms with E-state index in [9.17, 15) is 4.39 Å². The van der Waals surface area contributed by atoms with Gasteiger partial charge >= 0.3 is 0 Å². The monoisotopic (exact) mass is 346 g/mol. The van der Waals surface area contributed by atoms with E-state index >= 15 is 0 Å². The third-order valence-electron chi connectivity index (χ3n) is 4.30. The van der Waals surface area contributed by atoms with Crippen LogP contribution in [-0.4, -0.2) is 26.1 Å². The summed E-state index contributed by atoms with van der Waals surface area (Å²) in [6.45, 7) is 2.56. The van der Waals surface area contributed by atoms with Gasteiger partial charge in [0.2, 0.25) is 5.28 Å². The Kier molecular flexibility index (Phi) is 3.94. The van der Waals surface area contributed by atoms with Crippen LogP contribution in [0.2, 0.25) is 5.28 Å². The standard InChI is InChI=1S/C17H16ClFN4O/c1-10-8-11(19)5-6-12(10)14-15-16(22-17(18)21-14)23(9-20-15)13-4-2-3-7-24-13/h5-6,8-9,13H,2-4,7H2,1H3. The first-order chi connectivity index (χ1) is 11.6. The highest BCUT2D eigenvalue weighted by Gasteiger charge is 2.22. The summed E-state index contributed by atoms with van der Waals surface area (Å²) >= 11 is 6.15. The van der Waals surface area contributed by atoms with Crippen LogP contribution in [0.15, 0.2) is 24.5 Å². The van der Waals surface area contributed by atoms with E-state index in [1.54, 1.807) is 12.4 Å². The Morgan fingerprint density at radius 2 is 2.17 bits per heavy atom. The third-order valence-corrected chi connectivity index (χ3v) is 4.47. The van der Waals surface area contributed by atoms with Crippen LogP contribution in [0.5, 0.6) is 0 Å². The van der Waals surface area contributed by atoms with Crippen molar-refractivity contribution < 1.29 is 9.13 Å². The van der Waals surface area contributed by atoms with Gasteiger partial charge in [-0.05, 0) is 61.5 Å². The number of aromatic nitrogens is 4. The van der Waals surface area contributed by atoms with Gasteiger partial charge in [0, 0.05) is 12.2 Å². The molecule has 0 bridgehead atoms. The molecule has 3 heterocycles. The number of hydrogen-bond acceptors (Lipinski definition) is 4. The smallest absolute Gasteiger partial charge is 0.225 e. The van der Waals surface area contributed by atoms with Crippen molar-refractivity contribution in [2.24, 2.45) is 0 Å². The highest BCUT2D eigenvalue weighted by molar-refractivity contribution is 6.28. The summed E-state index contributed by atoms with van der Waals surface area (Å²) in [5.41, 5.74) is 3.45. The van der Waals surface area contributed by atoms with Crippen molar-refractivity contribution in [2.45, 2.75) is 32.4 Å². The van der Waals surface area contributed by atoms with Crippen LogP contribution in [0.25, 0.3) is 22.4 Å². The molecule has 1 unspecified atom stereocenters. The molecule has 1 atom stereocenters. The summed E-state index contributed by atoms with van der Waals surface area (Å²) in [6, 6.07) is 4.57. The Labute approximate surface area is 143 Å². The molecule has 5 nitrogen and oxygen atoms in total. The molecular formula is C17H16ClFN4O. The average Bonchev–Trinajstić information content (AvgIpc) is 2.99. The molecule has 0 radical (unpaired) electrons. The second kappa shape index (κ2) is 6.11. The SMILES string of the molecule is Cc1cc(F)ccc1-c1nc(Cl)nc2c1ncn2C1CCCCO1. The second-order valence-electron chi connectivity index (χ2n) is 5.95. The van der Waals surface area contributed by atoms with Crippen molar-refractivity contribution in [3.05, 3.63) is 41.2 Å². The fourth-order valence-corrected chi connectivity index (χ4v) is 3.29. The van der Waals surface area contributed by atoms with E-state index < -0.39 is 0 Å². The highest BCUT2D eigenvalue weighted by atomic mass is 35.5. The Hall–Kier alpha value is -2.05. The van der Waals surface area contributed by atoms with E-state index in [4.69, 9.17) is 16.3 Å². The van der Waals surface area contributed by atoms with Gasteiger partial charge in [0.1, 0.15) is 23.3 Å². The molecule has 1 aliphatic rings. The Balaban J connectivity index is 1.89. The first-order valence-electron chi connectivity index (χ1n) is 7.91. The fraction of sp³-hybridized carbons (Fsp3) is 0.353. The lowest BCUT2D eigenvalue weighted by Gasteiger charge is -2.23. The first kappa shape index (κ1) is 15.5. The quantitative estimate of drug-likeness (QED) is 0.649. The van der Waals surface area contributed by atoms with Gasteiger partial charge < -0.3 is 4.74 Å². The third kappa shape index (κ3) is 2.65. The van der Waals surface area contributed by atoms with Crippen molar-refractivity contribution in [3.63, 3.8) is 0 Å². The van der Waals surface area contributed by atoms with Gasteiger partial charge in [-0.3, -0.25) is 4.57 Å². The minimum Gasteiger partial charge on any atom is -0.358 e. The predicted molar refractivity (Wildman–Crippen MR) is 89.3 cm³/mol. The van der Waals surface area contributed by atoms with Crippen LogP contribution < -0.4 is 0 Å². The predicted octanol–water partition coefficient (Wildman–Crippen LogP) is 4.29. The second-order valence-corrected chi connectivity index (χ2v) is 6.28. The number of nitrogens with zero attached hydrogens (tertiary/aromatic N) is 4. The van der Waals surface area contributed by atoms with E-state index in [1.165, 1.54) is 12.1 Å². The summed E-state index contributed by atoms with van der Waals surface area (Å²) in [5, 5.41) is 0.138. The van der Waals surface area contributed by atoms with E-state index in [-0.39, 0.29) is 17.3 Å². The molecule has 2 aromatic heterocycles. The van der Waals surface area contributed by atoms with E-state index in [0.717, 1.165) is 37.0 Å². The molecule has 0 amide bonds. The lowest BCUT2D eigenvalue weighted by Crippen LogP contribution is -2.17. The van der Waals surface area contributed by atoms with Gasteiger partial charge in [-0.15, -0.1) is 0 Å². The van der Waals surface area contributed by atoms with Crippen LogP contribution in [-0.2, 0) is 4.74 Å². The number of imidazole rings is 1. The van der Waals surface area contributed by atoms with Crippen LogP contribution in [0.3, 0.4) is 0 Å². The highest BCUT2D eigenvalue weighted by Crippen LogP contribution is 2.32. The summed E-state index contributed by atoms with van der Waals surface area (Å²) < 4.78 is 21.1. The van der Waals surface area contributed by atoms with Gasteiger partial charge in [-0.25, -0.2) is 14.4 Å². The first-order valence-corrected chi connectivity index (χ1v) is 8.29. The lowest BCUT2D eigenvalue weighted by molar-refractivity contribution is -0.0298. The zero-order valence-corrected chi connectivity index (χ0v) is 13.9. The number of halogens is 2. The molecule has 0 aliphatic carbocycles. The van der Waals surface area contributed by atoms with Crippen LogP contribution in [0, 0.1) is 12.7 Å². The van der Waals surface area contributed by atoms with E-state index in [1.807, 2.05) is 11.5 Å². The fourth-order valence-electron chi connectivity index (χ4n) is 3.12.